The van der Waals surface area contributed by atoms with E-state index in [4.69, 9.17) is 5.73 Å². The molecule has 0 saturated heterocycles. The minimum Gasteiger partial charge on any atom is -0.330 e. The monoisotopic (exact) mass is 323 g/mol. The van der Waals surface area contributed by atoms with E-state index in [1.54, 1.807) is 0 Å². The van der Waals surface area contributed by atoms with Gasteiger partial charge in [0.05, 0.1) is 0 Å². The highest BCUT2D eigenvalue weighted by atomic mass is 15.1. The van der Waals surface area contributed by atoms with Crippen molar-refractivity contribution in [2.75, 3.05) is 39.3 Å². The molecule has 23 heavy (non-hydrogen) atoms. The van der Waals surface area contributed by atoms with Crippen LogP contribution in [0.5, 0.6) is 0 Å². The third kappa shape index (κ3) is 13.7. The number of nitrogens with one attached hydrogen (secondary N) is 1. The third-order valence-electron chi connectivity index (χ3n) is 4.74. The van der Waals surface area contributed by atoms with Gasteiger partial charge in [0.1, 0.15) is 0 Å². The molecule has 1 aliphatic rings. The van der Waals surface area contributed by atoms with Gasteiger partial charge in [0.25, 0.3) is 0 Å². The smallest absolute Gasteiger partial charge is 0.000664 e. The number of allylic oxidation sites excluding steroid dienone is 2. The lowest BCUT2D eigenvalue weighted by atomic mass is 10.1. The summed E-state index contributed by atoms with van der Waals surface area (Å²) >= 11 is 0. The van der Waals surface area contributed by atoms with E-state index in [1.807, 2.05) is 0 Å². The quantitative estimate of drug-likeness (QED) is 0.548. The normalized spacial score (nSPS) is 20.0. The molecule has 0 amide bonds. The molecule has 136 valence electrons. The van der Waals surface area contributed by atoms with Gasteiger partial charge in [0.15, 0.2) is 0 Å². The zero-order chi connectivity index (χ0) is 16.4. The zero-order valence-electron chi connectivity index (χ0n) is 15.4. The fourth-order valence-corrected chi connectivity index (χ4v) is 3.25. The second kappa shape index (κ2) is 16.5. The van der Waals surface area contributed by atoms with E-state index in [0.717, 1.165) is 26.1 Å². The Bertz CT molecular complexity index is 266. The van der Waals surface area contributed by atoms with Gasteiger partial charge in [0.2, 0.25) is 0 Å². The summed E-state index contributed by atoms with van der Waals surface area (Å²) in [4.78, 5) is 2.71. The number of nitrogens with zero attached hydrogens (tertiary/aromatic N) is 1. The van der Waals surface area contributed by atoms with Gasteiger partial charge < -0.3 is 16.0 Å². The van der Waals surface area contributed by atoms with Crippen LogP contribution in [0.4, 0.5) is 0 Å². The molecule has 3 nitrogen and oxygen atoms in total. The van der Waals surface area contributed by atoms with Gasteiger partial charge in [-0.05, 0) is 90.6 Å². The molecule has 0 unspecified atom stereocenters. The van der Waals surface area contributed by atoms with Crippen molar-refractivity contribution < 1.29 is 0 Å². The average Bonchev–Trinajstić information content (AvgIpc) is 2.57. The Labute approximate surface area is 145 Å². The highest BCUT2D eigenvalue weighted by molar-refractivity contribution is 4.81. The van der Waals surface area contributed by atoms with Crippen molar-refractivity contribution in [2.45, 2.75) is 77.0 Å². The molecule has 0 fully saturated rings. The highest BCUT2D eigenvalue weighted by Gasteiger charge is 2.04. The Morgan fingerprint density at radius 2 is 1.30 bits per heavy atom. The van der Waals surface area contributed by atoms with E-state index < -0.39 is 0 Å². The van der Waals surface area contributed by atoms with Gasteiger partial charge in [-0.15, -0.1) is 0 Å². The molecule has 0 aromatic rings. The molecule has 0 atom stereocenters. The summed E-state index contributed by atoms with van der Waals surface area (Å²) in [6, 6.07) is 0. The Hall–Kier alpha value is -0.380. The summed E-state index contributed by atoms with van der Waals surface area (Å²) in [6.07, 6.45) is 20.9. The zero-order valence-corrected chi connectivity index (χ0v) is 15.4. The number of hydrogen-bond acceptors (Lipinski definition) is 3. The summed E-state index contributed by atoms with van der Waals surface area (Å²) in [5, 5.41) is 3.50. The summed E-state index contributed by atoms with van der Waals surface area (Å²) in [7, 11) is 0. The predicted molar refractivity (Wildman–Crippen MR) is 103 cm³/mol. The maximum atomic E-state index is 5.52. The lowest BCUT2D eigenvalue weighted by Gasteiger charge is -2.22. The van der Waals surface area contributed by atoms with Crippen molar-refractivity contribution in [1.29, 1.82) is 0 Å². The molecule has 1 rings (SSSR count). The molecular formula is C20H41N3. The Balaban J connectivity index is 2.18. The maximum absolute atomic E-state index is 5.52. The summed E-state index contributed by atoms with van der Waals surface area (Å²) in [6.45, 7) is 6.88. The maximum Gasteiger partial charge on any atom is -0.000664 e. The van der Waals surface area contributed by atoms with E-state index >= 15 is 0 Å². The number of hydrogen-bond donors (Lipinski definition) is 2. The van der Waals surface area contributed by atoms with Crippen LogP contribution in [0.25, 0.3) is 0 Å². The highest BCUT2D eigenvalue weighted by Crippen LogP contribution is 2.10. The van der Waals surface area contributed by atoms with Crippen molar-refractivity contribution in [3.8, 4) is 0 Å². The second-order valence-electron chi connectivity index (χ2n) is 6.96. The van der Waals surface area contributed by atoms with Gasteiger partial charge in [-0.1, -0.05) is 37.8 Å². The Morgan fingerprint density at radius 3 is 2.00 bits per heavy atom. The van der Waals surface area contributed by atoms with Crippen LogP contribution < -0.4 is 11.1 Å². The molecule has 1 heterocycles. The Morgan fingerprint density at radius 1 is 0.739 bits per heavy atom. The van der Waals surface area contributed by atoms with E-state index in [0.29, 0.717) is 0 Å². The molecule has 0 spiro atoms. The van der Waals surface area contributed by atoms with Crippen molar-refractivity contribution in [3.63, 3.8) is 0 Å². The molecule has 0 bridgehead atoms. The molecule has 0 aromatic carbocycles. The molecule has 1 aliphatic heterocycles. The van der Waals surface area contributed by atoms with Gasteiger partial charge in [-0.3, -0.25) is 0 Å². The first kappa shape index (κ1) is 20.7. The molecular weight excluding hydrogens is 282 g/mol. The fourth-order valence-electron chi connectivity index (χ4n) is 3.25. The number of nitrogens with two attached hydrogens (primary N) is 1. The topological polar surface area (TPSA) is 41.3 Å². The minimum atomic E-state index is 0.800. The third-order valence-corrected chi connectivity index (χ3v) is 4.74. The van der Waals surface area contributed by atoms with Crippen LogP contribution in [-0.4, -0.2) is 44.2 Å². The molecule has 0 radical (unpaired) electrons. The van der Waals surface area contributed by atoms with Crippen LogP contribution in [0.2, 0.25) is 0 Å². The summed E-state index contributed by atoms with van der Waals surface area (Å²) < 4.78 is 0. The lowest BCUT2D eigenvalue weighted by molar-refractivity contribution is 0.256. The van der Waals surface area contributed by atoms with Crippen LogP contribution in [-0.2, 0) is 0 Å². The van der Waals surface area contributed by atoms with Gasteiger partial charge in [-0.25, -0.2) is 0 Å². The molecule has 3 N–H and O–H groups in total. The summed E-state index contributed by atoms with van der Waals surface area (Å²) in [5.74, 6) is 0. The molecule has 0 saturated carbocycles. The molecule has 3 heteroatoms. The molecule has 0 aliphatic carbocycles. The average molecular weight is 324 g/mol. The van der Waals surface area contributed by atoms with Crippen molar-refractivity contribution >= 4 is 0 Å². The van der Waals surface area contributed by atoms with Crippen LogP contribution in [0, 0.1) is 0 Å². The Kier molecular flexibility index (Phi) is 14.8. The number of rotatable bonds is 7. The van der Waals surface area contributed by atoms with E-state index in [-0.39, 0.29) is 0 Å². The largest absolute Gasteiger partial charge is 0.330 e. The first-order valence-corrected chi connectivity index (χ1v) is 10.2. The van der Waals surface area contributed by atoms with Gasteiger partial charge in [0, 0.05) is 0 Å². The van der Waals surface area contributed by atoms with Gasteiger partial charge in [-0.2, -0.15) is 0 Å². The van der Waals surface area contributed by atoms with Crippen molar-refractivity contribution in [3.05, 3.63) is 12.2 Å². The predicted octanol–water partition coefficient (Wildman–Crippen LogP) is 4.09. The summed E-state index contributed by atoms with van der Waals surface area (Å²) in [5.41, 5.74) is 5.52. The van der Waals surface area contributed by atoms with Gasteiger partial charge >= 0.3 is 0 Å². The SMILES string of the molecule is NCCCNCCCN1CCCCCC=CCCCCCCC1. The first-order chi connectivity index (χ1) is 11.4. The minimum absolute atomic E-state index is 0.800. The van der Waals surface area contributed by atoms with Crippen molar-refractivity contribution in [2.24, 2.45) is 5.73 Å². The van der Waals surface area contributed by atoms with E-state index in [9.17, 15) is 0 Å². The lowest BCUT2D eigenvalue weighted by Crippen LogP contribution is -2.30. The first-order valence-electron chi connectivity index (χ1n) is 10.2. The van der Waals surface area contributed by atoms with Crippen molar-refractivity contribution in [1.82, 2.24) is 10.2 Å². The fraction of sp³-hybridized carbons (Fsp3) is 0.900. The van der Waals surface area contributed by atoms with Crippen LogP contribution in [0.3, 0.4) is 0 Å². The van der Waals surface area contributed by atoms with Crippen LogP contribution >= 0.6 is 0 Å². The van der Waals surface area contributed by atoms with E-state index in [2.05, 4.69) is 22.4 Å². The van der Waals surface area contributed by atoms with Crippen LogP contribution in [0.1, 0.15) is 77.0 Å². The van der Waals surface area contributed by atoms with E-state index in [1.165, 1.54) is 90.3 Å². The standard InChI is InChI=1S/C20H41N3/c21-15-13-16-22-17-14-20-23-18-11-9-7-5-3-1-2-4-6-8-10-12-19-23/h1,3,22H,2,4-21H2. The second-order valence-corrected chi connectivity index (χ2v) is 6.96. The molecule has 0 aromatic heterocycles. The van der Waals surface area contributed by atoms with Crippen LogP contribution in [0.15, 0.2) is 12.2 Å².